The summed E-state index contributed by atoms with van der Waals surface area (Å²) < 4.78 is 0. The van der Waals surface area contributed by atoms with E-state index < -0.39 is 6.10 Å². The quantitative estimate of drug-likeness (QED) is 0.783. The second-order valence-corrected chi connectivity index (χ2v) is 5.20. The molecule has 0 amide bonds. The van der Waals surface area contributed by atoms with Gasteiger partial charge in [0.1, 0.15) is 0 Å². The van der Waals surface area contributed by atoms with Gasteiger partial charge in [-0.3, -0.25) is 4.98 Å². The van der Waals surface area contributed by atoms with Gasteiger partial charge in [0.15, 0.2) is 0 Å². The molecule has 100 valence electrons. The number of rotatable bonds is 3. The van der Waals surface area contributed by atoms with Crippen LogP contribution in [0.1, 0.15) is 17.4 Å². The largest absolute Gasteiger partial charge is 0.388 e. The predicted molar refractivity (Wildman–Crippen MR) is 81.9 cm³/mol. The van der Waals surface area contributed by atoms with Gasteiger partial charge in [-0.1, -0.05) is 48.0 Å². The third kappa shape index (κ3) is 2.82. The summed E-state index contributed by atoms with van der Waals surface area (Å²) in [4.78, 5) is 4.57. The number of aromatic nitrogens is 1. The maximum Gasteiger partial charge on any atom is 0.0845 e. The SMILES string of the molecule is O[C@H](Cc1ccc2ccccc2n1)c1ccc(Cl)cc1. The Bertz CT molecular complexity index is 724. The third-order valence-corrected chi connectivity index (χ3v) is 3.57. The van der Waals surface area contributed by atoms with Crippen LogP contribution in [0.2, 0.25) is 5.02 Å². The number of para-hydroxylation sites is 1. The molecule has 0 bridgehead atoms. The normalized spacial score (nSPS) is 12.5. The summed E-state index contributed by atoms with van der Waals surface area (Å²) in [5.74, 6) is 0. The molecule has 0 aliphatic carbocycles. The molecular weight excluding hydrogens is 270 g/mol. The molecule has 0 aliphatic heterocycles. The molecule has 2 nitrogen and oxygen atoms in total. The van der Waals surface area contributed by atoms with Crippen LogP contribution < -0.4 is 0 Å². The first-order valence-electron chi connectivity index (χ1n) is 6.50. The number of aliphatic hydroxyl groups excluding tert-OH is 1. The topological polar surface area (TPSA) is 33.1 Å². The molecule has 1 N–H and O–H groups in total. The van der Waals surface area contributed by atoms with Gasteiger partial charge in [0.25, 0.3) is 0 Å². The van der Waals surface area contributed by atoms with E-state index in [0.29, 0.717) is 11.4 Å². The monoisotopic (exact) mass is 283 g/mol. The predicted octanol–water partition coefficient (Wildman–Crippen LogP) is 4.16. The number of nitrogens with zero attached hydrogens (tertiary/aromatic N) is 1. The fourth-order valence-corrected chi connectivity index (χ4v) is 2.35. The lowest BCUT2D eigenvalue weighted by Crippen LogP contribution is -2.03. The fourth-order valence-electron chi connectivity index (χ4n) is 2.22. The highest BCUT2D eigenvalue weighted by atomic mass is 35.5. The van der Waals surface area contributed by atoms with Gasteiger partial charge >= 0.3 is 0 Å². The summed E-state index contributed by atoms with van der Waals surface area (Å²) in [5, 5.41) is 12.0. The number of fused-ring (bicyclic) bond motifs is 1. The van der Waals surface area contributed by atoms with Gasteiger partial charge in [-0.15, -0.1) is 0 Å². The van der Waals surface area contributed by atoms with Crippen LogP contribution in [0.3, 0.4) is 0 Å². The van der Waals surface area contributed by atoms with E-state index in [2.05, 4.69) is 4.98 Å². The fraction of sp³-hybridized carbons (Fsp3) is 0.118. The molecule has 0 radical (unpaired) electrons. The Kier molecular flexibility index (Phi) is 3.68. The van der Waals surface area contributed by atoms with E-state index >= 15 is 0 Å². The number of halogens is 1. The van der Waals surface area contributed by atoms with Crippen LogP contribution in [-0.4, -0.2) is 10.1 Å². The molecule has 0 spiro atoms. The molecule has 1 heterocycles. The summed E-state index contributed by atoms with van der Waals surface area (Å²) in [6, 6.07) is 19.2. The van der Waals surface area contributed by atoms with Gasteiger partial charge in [0.05, 0.1) is 11.6 Å². The lowest BCUT2D eigenvalue weighted by atomic mass is 10.0. The van der Waals surface area contributed by atoms with E-state index in [9.17, 15) is 5.11 Å². The Balaban J connectivity index is 1.83. The highest BCUT2D eigenvalue weighted by Gasteiger charge is 2.09. The molecule has 2 aromatic carbocycles. The van der Waals surface area contributed by atoms with E-state index in [-0.39, 0.29) is 0 Å². The molecular formula is C17H14ClNO. The standard InChI is InChI=1S/C17H14ClNO/c18-14-8-5-13(6-9-14)17(20)11-15-10-7-12-3-1-2-4-16(12)19-15/h1-10,17,20H,11H2/t17-/m1/s1. The first-order chi connectivity index (χ1) is 9.72. The van der Waals surface area contributed by atoms with Crippen LogP contribution in [0, 0.1) is 0 Å². The van der Waals surface area contributed by atoms with E-state index in [0.717, 1.165) is 22.2 Å². The minimum Gasteiger partial charge on any atom is -0.388 e. The van der Waals surface area contributed by atoms with Crippen LogP contribution in [-0.2, 0) is 6.42 Å². The second-order valence-electron chi connectivity index (χ2n) is 4.77. The van der Waals surface area contributed by atoms with Gasteiger partial charge in [0, 0.05) is 22.5 Å². The van der Waals surface area contributed by atoms with Gasteiger partial charge in [-0.25, -0.2) is 0 Å². The molecule has 1 aromatic heterocycles. The highest BCUT2D eigenvalue weighted by Crippen LogP contribution is 2.21. The first-order valence-corrected chi connectivity index (χ1v) is 6.88. The van der Waals surface area contributed by atoms with Crippen LogP contribution in [0.25, 0.3) is 10.9 Å². The molecule has 3 heteroatoms. The van der Waals surface area contributed by atoms with Crippen molar-refractivity contribution in [3.8, 4) is 0 Å². The smallest absolute Gasteiger partial charge is 0.0845 e. The number of benzene rings is 2. The van der Waals surface area contributed by atoms with Crippen LogP contribution >= 0.6 is 11.6 Å². The zero-order valence-corrected chi connectivity index (χ0v) is 11.6. The number of aliphatic hydroxyl groups is 1. The lowest BCUT2D eigenvalue weighted by molar-refractivity contribution is 0.177. The summed E-state index contributed by atoms with van der Waals surface area (Å²) in [6.45, 7) is 0. The third-order valence-electron chi connectivity index (χ3n) is 3.31. The molecule has 0 aliphatic rings. The number of pyridine rings is 1. The molecule has 0 unspecified atom stereocenters. The van der Waals surface area contributed by atoms with Crippen LogP contribution in [0.5, 0.6) is 0 Å². The van der Waals surface area contributed by atoms with Crippen LogP contribution in [0.4, 0.5) is 0 Å². The maximum absolute atomic E-state index is 10.3. The Morgan fingerprint density at radius 3 is 2.50 bits per heavy atom. The van der Waals surface area contributed by atoms with Crippen molar-refractivity contribution in [2.24, 2.45) is 0 Å². The maximum atomic E-state index is 10.3. The second kappa shape index (κ2) is 5.61. The van der Waals surface area contributed by atoms with Gasteiger partial charge in [-0.05, 0) is 29.8 Å². The highest BCUT2D eigenvalue weighted by molar-refractivity contribution is 6.30. The molecule has 0 saturated carbocycles. The molecule has 1 atom stereocenters. The van der Waals surface area contributed by atoms with Crippen molar-refractivity contribution in [2.45, 2.75) is 12.5 Å². The number of hydrogen-bond donors (Lipinski definition) is 1. The van der Waals surface area contributed by atoms with E-state index in [1.165, 1.54) is 0 Å². The number of hydrogen-bond acceptors (Lipinski definition) is 2. The summed E-state index contributed by atoms with van der Waals surface area (Å²) >= 11 is 5.85. The summed E-state index contributed by atoms with van der Waals surface area (Å²) in [5.41, 5.74) is 2.68. The average Bonchev–Trinajstić information content (AvgIpc) is 2.48. The minimum absolute atomic E-state index is 0.493. The molecule has 0 saturated heterocycles. The first kappa shape index (κ1) is 13.1. The summed E-state index contributed by atoms with van der Waals surface area (Å²) in [6.07, 6.45) is -0.0761. The van der Waals surface area contributed by atoms with Crippen molar-refractivity contribution in [1.82, 2.24) is 4.98 Å². The Labute approximate surface area is 122 Å². The summed E-state index contributed by atoms with van der Waals surface area (Å²) in [7, 11) is 0. The van der Waals surface area contributed by atoms with Crippen molar-refractivity contribution in [2.75, 3.05) is 0 Å². The van der Waals surface area contributed by atoms with E-state index in [4.69, 9.17) is 11.6 Å². The lowest BCUT2D eigenvalue weighted by Gasteiger charge is -2.11. The average molecular weight is 284 g/mol. The van der Waals surface area contributed by atoms with Crippen molar-refractivity contribution in [3.05, 3.63) is 76.9 Å². The molecule has 3 aromatic rings. The van der Waals surface area contributed by atoms with Crippen molar-refractivity contribution < 1.29 is 5.11 Å². The zero-order chi connectivity index (χ0) is 13.9. The van der Waals surface area contributed by atoms with Crippen molar-refractivity contribution in [3.63, 3.8) is 0 Å². The van der Waals surface area contributed by atoms with Gasteiger partial charge in [-0.2, -0.15) is 0 Å². The van der Waals surface area contributed by atoms with Gasteiger partial charge < -0.3 is 5.11 Å². The van der Waals surface area contributed by atoms with Crippen molar-refractivity contribution in [1.29, 1.82) is 0 Å². The van der Waals surface area contributed by atoms with Gasteiger partial charge in [0.2, 0.25) is 0 Å². The molecule has 0 fully saturated rings. The molecule has 3 rings (SSSR count). The minimum atomic E-state index is -0.569. The Morgan fingerprint density at radius 1 is 0.950 bits per heavy atom. The Morgan fingerprint density at radius 2 is 1.70 bits per heavy atom. The van der Waals surface area contributed by atoms with E-state index in [1.54, 1.807) is 12.1 Å². The van der Waals surface area contributed by atoms with Crippen molar-refractivity contribution >= 4 is 22.5 Å². The molecule has 20 heavy (non-hydrogen) atoms. The zero-order valence-electron chi connectivity index (χ0n) is 10.8. The van der Waals surface area contributed by atoms with Crippen LogP contribution in [0.15, 0.2) is 60.7 Å². The van der Waals surface area contributed by atoms with E-state index in [1.807, 2.05) is 48.5 Å². The Hall–Kier alpha value is -1.90.